The molecular weight excluding hydrogens is 158 g/mol. The molecule has 0 bridgehead atoms. The highest BCUT2D eigenvalue weighted by Crippen LogP contribution is 2.10. The summed E-state index contributed by atoms with van der Waals surface area (Å²) in [5, 5.41) is 3.61. The molecule has 0 atom stereocenters. The Hall–Kier alpha value is -1.11. The molecule has 1 aromatic rings. The fourth-order valence-corrected chi connectivity index (χ4v) is 1.37. The Kier molecular flexibility index (Phi) is 2.84. The van der Waals surface area contributed by atoms with E-state index in [2.05, 4.69) is 11.8 Å². The summed E-state index contributed by atoms with van der Waals surface area (Å²) < 4.78 is 0. The smallest absolute Gasteiger partial charge is 0.152 e. The average Bonchev–Trinajstić information content (AvgIpc) is 2.47. The van der Waals surface area contributed by atoms with E-state index in [4.69, 9.17) is 5.73 Å². The Morgan fingerprint density at radius 1 is 1.64 bits per heavy atom. The SMILES string of the molecule is NCC#Cc1cscc1C=O. The molecule has 2 N–H and O–H groups in total. The number of nitrogens with two attached hydrogens (primary N) is 1. The lowest BCUT2D eigenvalue weighted by atomic mass is 10.2. The average molecular weight is 165 g/mol. The highest BCUT2D eigenvalue weighted by molar-refractivity contribution is 7.08. The van der Waals surface area contributed by atoms with Crippen molar-refractivity contribution in [3.05, 3.63) is 21.9 Å². The van der Waals surface area contributed by atoms with Gasteiger partial charge in [0.15, 0.2) is 6.29 Å². The van der Waals surface area contributed by atoms with Crippen LogP contribution in [0.1, 0.15) is 15.9 Å². The molecule has 0 spiro atoms. The van der Waals surface area contributed by atoms with Gasteiger partial charge in [0, 0.05) is 21.9 Å². The van der Waals surface area contributed by atoms with Crippen LogP contribution in [-0.4, -0.2) is 12.8 Å². The Bertz CT molecular complexity index is 305. The lowest BCUT2D eigenvalue weighted by molar-refractivity contribution is 0.112. The predicted molar refractivity (Wildman–Crippen MR) is 45.6 cm³/mol. The molecule has 0 amide bonds. The van der Waals surface area contributed by atoms with Crippen molar-refractivity contribution in [2.24, 2.45) is 5.73 Å². The van der Waals surface area contributed by atoms with Crippen LogP contribution in [0, 0.1) is 11.8 Å². The molecule has 0 aliphatic rings. The summed E-state index contributed by atoms with van der Waals surface area (Å²) in [6.07, 6.45) is 0.803. The largest absolute Gasteiger partial charge is 0.320 e. The van der Waals surface area contributed by atoms with E-state index in [0.717, 1.165) is 11.8 Å². The zero-order valence-corrected chi connectivity index (χ0v) is 6.65. The van der Waals surface area contributed by atoms with Gasteiger partial charge in [-0.15, -0.1) is 0 Å². The van der Waals surface area contributed by atoms with E-state index in [1.807, 2.05) is 5.38 Å². The fourth-order valence-electron chi connectivity index (χ4n) is 0.646. The molecule has 0 aliphatic heterocycles. The van der Waals surface area contributed by atoms with E-state index in [1.165, 1.54) is 11.3 Å². The summed E-state index contributed by atoms with van der Waals surface area (Å²) in [5.41, 5.74) is 6.60. The Labute approximate surface area is 69.0 Å². The molecule has 0 fully saturated rings. The summed E-state index contributed by atoms with van der Waals surface area (Å²) >= 11 is 1.47. The van der Waals surface area contributed by atoms with Crippen molar-refractivity contribution >= 4 is 17.6 Å². The van der Waals surface area contributed by atoms with Gasteiger partial charge in [-0.1, -0.05) is 11.8 Å². The minimum Gasteiger partial charge on any atom is -0.320 e. The maximum atomic E-state index is 10.4. The summed E-state index contributed by atoms with van der Waals surface area (Å²) in [7, 11) is 0. The molecule has 0 unspecified atom stereocenters. The molecule has 0 aromatic carbocycles. The zero-order chi connectivity index (χ0) is 8.10. The normalized spacial score (nSPS) is 8.45. The number of rotatable bonds is 1. The van der Waals surface area contributed by atoms with Crippen LogP contribution in [0.15, 0.2) is 10.8 Å². The van der Waals surface area contributed by atoms with Crippen molar-refractivity contribution in [3.8, 4) is 11.8 Å². The Morgan fingerprint density at radius 3 is 3.09 bits per heavy atom. The molecule has 0 aliphatic carbocycles. The van der Waals surface area contributed by atoms with Crippen molar-refractivity contribution in [2.45, 2.75) is 0 Å². The van der Waals surface area contributed by atoms with Crippen LogP contribution in [0.4, 0.5) is 0 Å². The minimum atomic E-state index is 0.328. The third-order valence-corrected chi connectivity index (χ3v) is 1.91. The molecule has 11 heavy (non-hydrogen) atoms. The van der Waals surface area contributed by atoms with Gasteiger partial charge < -0.3 is 5.73 Å². The van der Waals surface area contributed by atoms with E-state index in [-0.39, 0.29) is 0 Å². The number of hydrogen-bond acceptors (Lipinski definition) is 3. The number of hydrogen-bond donors (Lipinski definition) is 1. The first-order valence-electron chi connectivity index (χ1n) is 3.08. The lowest BCUT2D eigenvalue weighted by Crippen LogP contribution is -1.93. The topological polar surface area (TPSA) is 43.1 Å². The van der Waals surface area contributed by atoms with Crippen LogP contribution < -0.4 is 5.73 Å². The van der Waals surface area contributed by atoms with Crippen LogP contribution in [0.2, 0.25) is 0 Å². The number of aldehydes is 1. The van der Waals surface area contributed by atoms with Gasteiger partial charge in [0.1, 0.15) is 0 Å². The standard InChI is InChI=1S/C8H7NOS/c9-3-1-2-7-5-11-6-8(7)4-10/h4-6H,3,9H2. The van der Waals surface area contributed by atoms with Gasteiger partial charge in [0.05, 0.1) is 6.54 Å². The number of carbonyl (C=O) groups excluding carboxylic acids is 1. The lowest BCUT2D eigenvalue weighted by Gasteiger charge is -1.81. The number of carbonyl (C=O) groups is 1. The monoisotopic (exact) mass is 165 g/mol. The molecule has 2 nitrogen and oxygen atoms in total. The van der Waals surface area contributed by atoms with Crippen LogP contribution >= 0.6 is 11.3 Å². The van der Waals surface area contributed by atoms with E-state index in [0.29, 0.717) is 12.1 Å². The van der Waals surface area contributed by atoms with Crippen LogP contribution in [0.3, 0.4) is 0 Å². The molecule has 1 heterocycles. The van der Waals surface area contributed by atoms with E-state index in [9.17, 15) is 4.79 Å². The minimum absolute atomic E-state index is 0.328. The second-order valence-corrected chi connectivity index (χ2v) is 2.61. The quantitative estimate of drug-likeness (QED) is 0.495. The van der Waals surface area contributed by atoms with Crippen molar-refractivity contribution in [1.29, 1.82) is 0 Å². The molecule has 1 aromatic heterocycles. The summed E-state index contributed by atoms with van der Waals surface area (Å²) in [6.45, 7) is 0.328. The molecule has 0 saturated heterocycles. The Morgan fingerprint density at radius 2 is 2.45 bits per heavy atom. The van der Waals surface area contributed by atoms with Gasteiger partial charge in [0.25, 0.3) is 0 Å². The first-order valence-corrected chi connectivity index (χ1v) is 4.03. The zero-order valence-electron chi connectivity index (χ0n) is 5.83. The number of thiophene rings is 1. The third kappa shape index (κ3) is 1.90. The van der Waals surface area contributed by atoms with Crippen LogP contribution in [-0.2, 0) is 0 Å². The van der Waals surface area contributed by atoms with Crippen LogP contribution in [0.5, 0.6) is 0 Å². The molecule has 3 heteroatoms. The fraction of sp³-hybridized carbons (Fsp3) is 0.125. The first-order chi connectivity index (χ1) is 5.38. The van der Waals surface area contributed by atoms with Crippen molar-refractivity contribution < 1.29 is 4.79 Å². The Balaban J connectivity index is 2.93. The second kappa shape index (κ2) is 3.91. The van der Waals surface area contributed by atoms with Gasteiger partial charge in [0.2, 0.25) is 0 Å². The second-order valence-electron chi connectivity index (χ2n) is 1.86. The van der Waals surface area contributed by atoms with Gasteiger partial charge >= 0.3 is 0 Å². The molecule has 0 radical (unpaired) electrons. The summed E-state index contributed by atoms with van der Waals surface area (Å²) in [6, 6.07) is 0. The van der Waals surface area contributed by atoms with Crippen molar-refractivity contribution in [3.63, 3.8) is 0 Å². The summed E-state index contributed by atoms with van der Waals surface area (Å²) in [5.74, 6) is 5.50. The highest BCUT2D eigenvalue weighted by Gasteiger charge is 1.96. The predicted octanol–water partition coefficient (Wildman–Crippen LogP) is 0.871. The maximum absolute atomic E-state index is 10.4. The molecular formula is C8H7NOS. The third-order valence-electron chi connectivity index (χ3n) is 1.14. The molecule has 1 rings (SSSR count). The van der Waals surface area contributed by atoms with Crippen molar-refractivity contribution in [2.75, 3.05) is 6.54 Å². The van der Waals surface area contributed by atoms with Crippen molar-refractivity contribution in [1.82, 2.24) is 0 Å². The van der Waals surface area contributed by atoms with Gasteiger partial charge in [-0.05, 0) is 0 Å². The molecule has 0 saturated carbocycles. The highest BCUT2D eigenvalue weighted by atomic mass is 32.1. The maximum Gasteiger partial charge on any atom is 0.152 e. The van der Waals surface area contributed by atoms with Gasteiger partial charge in [-0.25, -0.2) is 0 Å². The van der Waals surface area contributed by atoms with Gasteiger partial charge in [-0.3, -0.25) is 4.79 Å². The van der Waals surface area contributed by atoms with Gasteiger partial charge in [-0.2, -0.15) is 11.3 Å². The first kappa shape index (κ1) is 7.99. The van der Waals surface area contributed by atoms with E-state index < -0.39 is 0 Å². The van der Waals surface area contributed by atoms with E-state index in [1.54, 1.807) is 5.38 Å². The van der Waals surface area contributed by atoms with Crippen LogP contribution in [0.25, 0.3) is 0 Å². The molecule has 56 valence electrons. The summed E-state index contributed by atoms with van der Waals surface area (Å²) in [4.78, 5) is 10.4. The van der Waals surface area contributed by atoms with E-state index >= 15 is 0 Å².